The average Bonchev–Trinajstić information content (AvgIpc) is 2.65. The van der Waals surface area contributed by atoms with Crippen molar-refractivity contribution >= 4 is 53.6 Å². The summed E-state index contributed by atoms with van der Waals surface area (Å²) in [5, 5.41) is 24.4. The van der Waals surface area contributed by atoms with Crippen LogP contribution in [0.1, 0.15) is 11.4 Å². The van der Waals surface area contributed by atoms with Gasteiger partial charge in [-0.15, -0.1) is 0 Å². The molecule has 26 heavy (non-hydrogen) atoms. The van der Waals surface area contributed by atoms with Crippen LogP contribution in [0.15, 0.2) is 60.7 Å². The van der Waals surface area contributed by atoms with E-state index in [4.69, 9.17) is 8.58 Å². The van der Waals surface area contributed by atoms with Gasteiger partial charge >= 0.3 is 31.8 Å². The molecule has 4 nitrogen and oxygen atoms in total. The van der Waals surface area contributed by atoms with Crippen LogP contribution < -0.4 is 10.2 Å². The Morgan fingerprint density at radius 1 is 0.654 bits per heavy atom. The normalized spacial score (nSPS) is 9.88. The minimum atomic E-state index is -0.00352. The average molecular weight is 467 g/mol. The summed E-state index contributed by atoms with van der Waals surface area (Å²) >= 11 is 0.822. The fraction of sp³-hybridized carbons (Fsp3) is 0.100. The molecule has 0 aliphatic rings. The second kappa shape index (κ2) is 9.64. The van der Waals surface area contributed by atoms with Gasteiger partial charge in [0.1, 0.15) is 0 Å². The molecule has 4 rings (SSSR count). The molecule has 0 atom stereocenters. The number of hydrogen-bond donors (Lipinski definition) is 0. The summed E-state index contributed by atoms with van der Waals surface area (Å²) in [6.07, 6.45) is 0. The van der Waals surface area contributed by atoms with Gasteiger partial charge in [-0.05, 0) is 36.8 Å². The second-order valence-electron chi connectivity index (χ2n) is 5.56. The number of aromatic nitrogens is 2. The molecule has 0 fully saturated rings. The third kappa shape index (κ3) is 5.02. The molecular formula is C20H16ClInN2O2. The van der Waals surface area contributed by atoms with Crippen LogP contribution in [0.5, 0.6) is 11.5 Å². The molecule has 0 amide bonds. The Morgan fingerprint density at radius 3 is 1.42 bits per heavy atom. The van der Waals surface area contributed by atoms with Gasteiger partial charge in [0.05, 0.1) is 11.0 Å². The molecule has 0 saturated heterocycles. The Kier molecular flexibility index (Phi) is 7.54. The van der Waals surface area contributed by atoms with E-state index in [2.05, 4.69) is 9.97 Å². The van der Waals surface area contributed by atoms with Crippen LogP contribution in [0, 0.1) is 13.8 Å². The van der Waals surface area contributed by atoms with Crippen LogP contribution in [0.2, 0.25) is 0 Å². The molecule has 2 aromatic carbocycles. The van der Waals surface area contributed by atoms with Gasteiger partial charge in [-0.2, -0.15) is 0 Å². The van der Waals surface area contributed by atoms with Gasteiger partial charge in [0.15, 0.2) is 0 Å². The zero-order valence-electron chi connectivity index (χ0n) is 14.4. The van der Waals surface area contributed by atoms with Crippen molar-refractivity contribution in [2.45, 2.75) is 13.8 Å². The van der Waals surface area contributed by atoms with Crippen LogP contribution in [-0.4, -0.2) is 33.2 Å². The molecular weight excluding hydrogens is 451 g/mol. The van der Waals surface area contributed by atoms with E-state index in [-0.39, 0.29) is 11.5 Å². The van der Waals surface area contributed by atoms with Gasteiger partial charge in [0.25, 0.3) is 0 Å². The van der Waals surface area contributed by atoms with E-state index in [1.165, 1.54) is 12.1 Å². The van der Waals surface area contributed by atoms with E-state index in [1.807, 2.05) is 50.2 Å². The number of para-hydroxylation sites is 2. The maximum absolute atomic E-state index is 11.3. The predicted molar refractivity (Wildman–Crippen MR) is 103 cm³/mol. The summed E-state index contributed by atoms with van der Waals surface area (Å²) in [4.78, 5) is 8.33. The van der Waals surface area contributed by atoms with E-state index < -0.39 is 0 Å². The Balaban J connectivity index is 0.000000171. The van der Waals surface area contributed by atoms with Crippen molar-refractivity contribution in [2.24, 2.45) is 0 Å². The first kappa shape index (κ1) is 20.3. The quantitative estimate of drug-likeness (QED) is 0.397. The molecule has 0 saturated carbocycles. The number of halogens is 1. The topological polar surface area (TPSA) is 71.9 Å². The molecule has 0 aliphatic heterocycles. The molecule has 4 aromatic rings. The predicted octanol–water partition coefficient (Wildman–Crippen LogP) is 3.54. The van der Waals surface area contributed by atoms with Crippen molar-refractivity contribution in [3.05, 3.63) is 72.1 Å². The van der Waals surface area contributed by atoms with E-state index >= 15 is 0 Å². The number of fused-ring (bicyclic) bond motifs is 2. The van der Waals surface area contributed by atoms with Crippen LogP contribution in [0.3, 0.4) is 0 Å². The molecule has 0 bridgehead atoms. The third-order valence-electron chi connectivity index (χ3n) is 3.64. The van der Waals surface area contributed by atoms with E-state index in [1.54, 1.807) is 12.1 Å². The molecule has 0 radical (unpaired) electrons. The molecule has 128 valence electrons. The third-order valence-corrected chi connectivity index (χ3v) is 3.64. The maximum atomic E-state index is 11.3. The summed E-state index contributed by atoms with van der Waals surface area (Å²) in [5.41, 5.74) is 2.90. The summed E-state index contributed by atoms with van der Waals surface area (Å²) < 4.78 is 0. The van der Waals surface area contributed by atoms with Crippen molar-refractivity contribution < 1.29 is 10.2 Å². The first-order valence-corrected chi connectivity index (χ1v) is 12.0. The van der Waals surface area contributed by atoms with Crippen LogP contribution >= 0.6 is 8.58 Å². The van der Waals surface area contributed by atoms with Crippen molar-refractivity contribution in [3.63, 3.8) is 0 Å². The van der Waals surface area contributed by atoms with Crippen LogP contribution in [0.25, 0.3) is 21.8 Å². The van der Waals surface area contributed by atoms with Crippen LogP contribution in [-0.2, 0) is 0 Å². The molecule has 2 heterocycles. The van der Waals surface area contributed by atoms with E-state index in [9.17, 15) is 10.2 Å². The first-order valence-electron chi connectivity index (χ1n) is 7.83. The van der Waals surface area contributed by atoms with Crippen molar-refractivity contribution in [2.75, 3.05) is 0 Å². The minimum absolute atomic E-state index is 0.00352. The zero-order valence-corrected chi connectivity index (χ0v) is 18.5. The molecule has 0 spiro atoms. The SMILES string of the molecule is Cc1ccc2cccc([O-])c2n1.Cc1ccc2cccc([O-])c2n1.[Cl][In+2]. The second-order valence-corrected chi connectivity index (χ2v) is 5.56. The zero-order chi connectivity index (χ0) is 19.1. The van der Waals surface area contributed by atoms with E-state index in [0.717, 1.165) is 45.4 Å². The number of aryl methyl sites for hydroxylation is 2. The van der Waals surface area contributed by atoms with Gasteiger partial charge in [-0.1, -0.05) is 60.0 Å². The van der Waals surface area contributed by atoms with Gasteiger partial charge < -0.3 is 10.2 Å². The molecule has 0 unspecified atom stereocenters. The van der Waals surface area contributed by atoms with Gasteiger partial charge in [-0.25, -0.2) is 0 Å². The van der Waals surface area contributed by atoms with Crippen molar-refractivity contribution in [3.8, 4) is 11.5 Å². The molecule has 0 aliphatic carbocycles. The number of pyridine rings is 2. The number of benzene rings is 2. The molecule has 0 N–H and O–H groups in total. The summed E-state index contributed by atoms with van der Waals surface area (Å²) in [6.45, 7) is 3.76. The number of rotatable bonds is 0. The molecule has 2 aromatic heterocycles. The van der Waals surface area contributed by atoms with Gasteiger partial charge in [0, 0.05) is 11.4 Å². The Labute approximate surface area is 170 Å². The van der Waals surface area contributed by atoms with Gasteiger partial charge in [0.2, 0.25) is 0 Å². The van der Waals surface area contributed by atoms with Crippen molar-refractivity contribution in [1.29, 1.82) is 0 Å². The Bertz CT molecular complexity index is 942. The summed E-state index contributed by atoms with van der Waals surface area (Å²) in [6, 6.07) is 18.0. The first-order chi connectivity index (χ1) is 12.5. The fourth-order valence-corrected chi connectivity index (χ4v) is 2.43. The Hall–Kier alpha value is -1.98. The van der Waals surface area contributed by atoms with Gasteiger partial charge in [-0.3, -0.25) is 9.97 Å². The van der Waals surface area contributed by atoms with E-state index in [0.29, 0.717) is 11.0 Å². The molecule has 6 heteroatoms. The van der Waals surface area contributed by atoms with Crippen molar-refractivity contribution in [1.82, 2.24) is 9.97 Å². The number of nitrogens with zero attached hydrogens (tertiary/aromatic N) is 2. The number of hydrogen-bond acceptors (Lipinski definition) is 4. The monoisotopic (exact) mass is 466 g/mol. The fourth-order valence-electron chi connectivity index (χ4n) is 2.43. The summed E-state index contributed by atoms with van der Waals surface area (Å²) in [7, 11) is 4.77. The standard InChI is InChI=1S/2C10H9NO.ClH.In/c2*1-7-5-6-8-3-2-4-9(12)10(8)11-7;;/h2*2-6,12H,1H3;1H;/q;;;+3/p-3. The van der Waals surface area contributed by atoms with Crippen LogP contribution in [0.4, 0.5) is 0 Å². The summed E-state index contributed by atoms with van der Waals surface area (Å²) in [5.74, 6) is -0.00704. The Morgan fingerprint density at radius 2 is 1.04 bits per heavy atom.